The second-order valence-electron chi connectivity index (χ2n) is 5.38. The Balaban J connectivity index is 1.91. The quantitative estimate of drug-likeness (QED) is 0.813. The van der Waals surface area contributed by atoms with Gasteiger partial charge in [0, 0.05) is 5.56 Å². The van der Waals surface area contributed by atoms with E-state index in [1.165, 1.54) is 4.90 Å². The van der Waals surface area contributed by atoms with Crippen molar-refractivity contribution in [2.75, 3.05) is 0 Å². The fraction of sp³-hybridized carbons (Fsp3) is 0.158. The second kappa shape index (κ2) is 6.48. The van der Waals surface area contributed by atoms with Crippen molar-refractivity contribution >= 4 is 12.0 Å². The molecule has 0 aliphatic carbocycles. The smallest absolute Gasteiger partial charge is 0.417 e. The van der Waals surface area contributed by atoms with Gasteiger partial charge in [0.15, 0.2) is 0 Å². The zero-order valence-corrected chi connectivity index (χ0v) is 12.6. The Labute approximate surface area is 135 Å². The molecule has 0 aromatic heterocycles. The van der Waals surface area contributed by atoms with Gasteiger partial charge in [0.25, 0.3) is 5.91 Å². The number of hydrogen-bond acceptors (Lipinski definition) is 3. The molecule has 4 nitrogen and oxygen atoms in total. The molecule has 2 amide bonds. The highest BCUT2D eigenvalue weighted by molar-refractivity contribution is 6.04. The normalized spacial score (nSPS) is 20.2. The third-order valence-corrected chi connectivity index (χ3v) is 3.90. The summed E-state index contributed by atoms with van der Waals surface area (Å²) in [7, 11) is 0. The fourth-order valence-electron chi connectivity index (χ4n) is 2.76. The maximum absolute atomic E-state index is 12.7. The minimum absolute atomic E-state index is 0.346. The Morgan fingerprint density at radius 1 is 1.09 bits per heavy atom. The molecule has 2 atom stereocenters. The number of rotatable bonds is 4. The van der Waals surface area contributed by atoms with E-state index < -0.39 is 18.2 Å². The van der Waals surface area contributed by atoms with Crippen LogP contribution < -0.4 is 0 Å². The lowest BCUT2D eigenvalue weighted by Gasteiger charge is -2.22. The number of hydrogen-bond donors (Lipinski definition) is 0. The first-order valence-electron chi connectivity index (χ1n) is 7.46. The summed E-state index contributed by atoms with van der Waals surface area (Å²) in [6.45, 7) is 3.72. The highest BCUT2D eigenvalue weighted by atomic mass is 16.6. The molecule has 1 heterocycles. The summed E-state index contributed by atoms with van der Waals surface area (Å²) in [5.74, 6) is -0.346. The van der Waals surface area contributed by atoms with Crippen molar-refractivity contribution in [1.82, 2.24) is 4.90 Å². The molecule has 3 rings (SSSR count). The molecule has 4 heteroatoms. The molecule has 2 aromatic rings. The first kappa shape index (κ1) is 15.0. The second-order valence-corrected chi connectivity index (χ2v) is 5.38. The number of nitrogens with zero attached hydrogens (tertiary/aromatic N) is 1. The first-order valence-corrected chi connectivity index (χ1v) is 7.46. The van der Waals surface area contributed by atoms with Crippen LogP contribution in [0.25, 0.3) is 0 Å². The standard InChI is InChI=1S/C19H17NO3/c1-2-17-16(13-14-9-5-3-6-10-14)20(19(22)23-17)18(21)15-11-7-4-8-12-15/h2-12,16-17H,1,13H2/t16-,17?/m0/s1. The van der Waals surface area contributed by atoms with Crippen LogP contribution in [0.3, 0.4) is 0 Å². The summed E-state index contributed by atoms with van der Waals surface area (Å²) in [5, 5.41) is 0. The van der Waals surface area contributed by atoms with Gasteiger partial charge >= 0.3 is 6.09 Å². The van der Waals surface area contributed by atoms with Crippen LogP contribution in [0.1, 0.15) is 15.9 Å². The molecule has 0 N–H and O–H groups in total. The van der Waals surface area contributed by atoms with Gasteiger partial charge in [-0.15, -0.1) is 0 Å². The van der Waals surface area contributed by atoms with Crippen LogP contribution >= 0.6 is 0 Å². The Bertz CT molecular complexity index is 712. The van der Waals surface area contributed by atoms with Gasteiger partial charge in [0.05, 0.1) is 6.04 Å². The zero-order chi connectivity index (χ0) is 16.2. The molecule has 0 spiro atoms. The molecular weight excluding hydrogens is 290 g/mol. The predicted molar refractivity (Wildman–Crippen MR) is 87.0 cm³/mol. The van der Waals surface area contributed by atoms with E-state index in [0.29, 0.717) is 12.0 Å². The van der Waals surface area contributed by atoms with Crippen LogP contribution in [0, 0.1) is 0 Å². The van der Waals surface area contributed by atoms with Gasteiger partial charge in [-0.1, -0.05) is 55.1 Å². The van der Waals surface area contributed by atoms with E-state index >= 15 is 0 Å². The third kappa shape index (κ3) is 3.01. The summed E-state index contributed by atoms with van der Waals surface area (Å²) in [6, 6.07) is 18.1. The number of imide groups is 1. The highest BCUT2D eigenvalue weighted by Crippen LogP contribution is 2.26. The van der Waals surface area contributed by atoms with Gasteiger partial charge < -0.3 is 4.74 Å². The topological polar surface area (TPSA) is 46.6 Å². The molecule has 1 saturated heterocycles. The van der Waals surface area contributed by atoms with Crippen molar-refractivity contribution in [3.63, 3.8) is 0 Å². The number of cyclic esters (lactones) is 1. The molecule has 116 valence electrons. The molecule has 2 aromatic carbocycles. The maximum atomic E-state index is 12.7. The van der Waals surface area contributed by atoms with Gasteiger partial charge in [0.2, 0.25) is 0 Å². The van der Waals surface area contributed by atoms with E-state index in [1.54, 1.807) is 30.3 Å². The molecule has 0 bridgehead atoms. The Morgan fingerprint density at radius 3 is 2.30 bits per heavy atom. The highest BCUT2D eigenvalue weighted by Gasteiger charge is 2.44. The first-order chi connectivity index (χ1) is 11.2. The van der Waals surface area contributed by atoms with Crippen LogP contribution in [0.2, 0.25) is 0 Å². The maximum Gasteiger partial charge on any atom is 0.417 e. The molecule has 0 radical (unpaired) electrons. The van der Waals surface area contributed by atoms with E-state index in [1.807, 2.05) is 36.4 Å². The van der Waals surface area contributed by atoms with E-state index in [2.05, 4.69) is 6.58 Å². The van der Waals surface area contributed by atoms with Crippen molar-refractivity contribution in [3.05, 3.63) is 84.4 Å². The molecule has 1 fully saturated rings. The van der Waals surface area contributed by atoms with Crippen molar-refractivity contribution in [1.29, 1.82) is 0 Å². The molecule has 1 aliphatic rings. The van der Waals surface area contributed by atoms with Gasteiger partial charge in [-0.3, -0.25) is 4.79 Å². The van der Waals surface area contributed by atoms with E-state index in [4.69, 9.17) is 4.74 Å². The van der Waals surface area contributed by atoms with Crippen LogP contribution in [-0.2, 0) is 11.2 Å². The lowest BCUT2D eigenvalue weighted by atomic mass is 10.00. The lowest BCUT2D eigenvalue weighted by Crippen LogP contribution is -2.42. The largest absolute Gasteiger partial charge is 0.439 e. The SMILES string of the molecule is C=CC1OC(=O)N(C(=O)c2ccccc2)[C@H]1Cc1ccccc1. The number of ether oxygens (including phenoxy) is 1. The average Bonchev–Trinajstić information content (AvgIpc) is 2.91. The van der Waals surface area contributed by atoms with Crippen molar-refractivity contribution in [2.24, 2.45) is 0 Å². The summed E-state index contributed by atoms with van der Waals surface area (Å²) in [4.78, 5) is 26.1. The Hall–Kier alpha value is -2.88. The van der Waals surface area contributed by atoms with Crippen molar-refractivity contribution in [3.8, 4) is 0 Å². The number of benzene rings is 2. The van der Waals surface area contributed by atoms with E-state index in [-0.39, 0.29) is 5.91 Å². The summed E-state index contributed by atoms with van der Waals surface area (Å²) >= 11 is 0. The summed E-state index contributed by atoms with van der Waals surface area (Å²) in [6.07, 6.45) is 0.978. The summed E-state index contributed by atoms with van der Waals surface area (Å²) < 4.78 is 5.30. The van der Waals surface area contributed by atoms with Crippen LogP contribution in [0.15, 0.2) is 73.3 Å². The lowest BCUT2D eigenvalue weighted by molar-refractivity contribution is 0.0774. The monoisotopic (exact) mass is 307 g/mol. The molecule has 0 saturated carbocycles. The van der Waals surface area contributed by atoms with Crippen molar-refractivity contribution < 1.29 is 14.3 Å². The zero-order valence-electron chi connectivity index (χ0n) is 12.6. The van der Waals surface area contributed by atoms with Gasteiger partial charge in [0.1, 0.15) is 6.10 Å². The Kier molecular flexibility index (Phi) is 4.24. The van der Waals surface area contributed by atoms with Gasteiger partial charge in [-0.05, 0) is 30.2 Å². The van der Waals surface area contributed by atoms with Gasteiger partial charge in [-0.2, -0.15) is 0 Å². The molecule has 23 heavy (non-hydrogen) atoms. The van der Waals surface area contributed by atoms with E-state index in [9.17, 15) is 9.59 Å². The number of carbonyl (C=O) groups excluding carboxylic acids is 2. The van der Waals surface area contributed by atoms with E-state index in [0.717, 1.165) is 5.56 Å². The minimum atomic E-state index is -0.621. The molecule has 1 aliphatic heterocycles. The number of carbonyl (C=O) groups is 2. The number of amides is 2. The predicted octanol–water partition coefficient (Wildman–Crippen LogP) is 3.44. The van der Waals surface area contributed by atoms with Crippen LogP contribution in [0.5, 0.6) is 0 Å². The third-order valence-electron chi connectivity index (χ3n) is 3.90. The molecule has 1 unspecified atom stereocenters. The molecular formula is C19H17NO3. The van der Waals surface area contributed by atoms with Gasteiger partial charge in [-0.25, -0.2) is 9.69 Å². The van der Waals surface area contributed by atoms with Crippen LogP contribution in [-0.4, -0.2) is 29.0 Å². The Morgan fingerprint density at radius 2 is 1.70 bits per heavy atom. The average molecular weight is 307 g/mol. The van der Waals surface area contributed by atoms with Crippen molar-refractivity contribution in [2.45, 2.75) is 18.6 Å². The van der Waals surface area contributed by atoms with Crippen LogP contribution in [0.4, 0.5) is 4.79 Å². The minimum Gasteiger partial charge on any atom is -0.439 e. The fourth-order valence-corrected chi connectivity index (χ4v) is 2.76. The summed E-state index contributed by atoms with van der Waals surface area (Å²) in [5.41, 5.74) is 1.50.